The van der Waals surface area contributed by atoms with Gasteiger partial charge >= 0.3 is 0 Å². The molecule has 2 aromatic rings. The van der Waals surface area contributed by atoms with Crippen molar-refractivity contribution in [2.24, 2.45) is 0 Å². The Labute approximate surface area is 140 Å². The first-order chi connectivity index (χ1) is 11.1. The van der Waals surface area contributed by atoms with Gasteiger partial charge in [-0.1, -0.05) is 35.9 Å². The third-order valence-electron chi connectivity index (χ3n) is 4.08. The minimum Gasteiger partial charge on any atom is -0.399 e. The van der Waals surface area contributed by atoms with Crippen LogP contribution in [0.25, 0.3) is 0 Å². The first-order valence-electron chi connectivity index (χ1n) is 7.59. The molecule has 120 valence electrons. The van der Waals surface area contributed by atoms with E-state index in [1.165, 1.54) is 0 Å². The smallest absolute Gasteiger partial charge is 0.254 e. The van der Waals surface area contributed by atoms with E-state index in [4.69, 9.17) is 22.1 Å². The number of ether oxygens (including phenoxy) is 1. The molecule has 1 saturated heterocycles. The van der Waals surface area contributed by atoms with Gasteiger partial charge in [0.15, 0.2) is 0 Å². The minimum absolute atomic E-state index is 0.00247. The summed E-state index contributed by atoms with van der Waals surface area (Å²) in [6.07, 6.45) is -0.218. The van der Waals surface area contributed by atoms with E-state index in [0.717, 1.165) is 5.56 Å². The van der Waals surface area contributed by atoms with E-state index >= 15 is 0 Å². The highest BCUT2D eigenvalue weighted by atomic mass is 35.5. The van der Waals surface area contributed by atoms with E-state index in [9.17, 15) is 4.79 Å². The number of amides is 1. The molecule has 4 nitrogen and oxygen atoms in total. The van der Waals surface area contributed by atoms with Crippen LogP contribution in [0.15, 0.2) is 48.5 Å². The molecule has 0 aromatic heterocycles. The number of halogens is 1. The highest BCUT2D eigenvalue weighted by Gasteiger charge is 2.31. The maximum atomic E-state index is 12.8. The van der Waals surface area contributed by atoms with Gasteiger partial charge in [-0.3, -0.25) is 4.79 Å². The zero-order valence-corrected chi connectivity index (χ0v) is 13.7. The molecule has 0 saturated carbocycles. The summed E-state index contributed by atoms with van der Waals surface area (Å²) >= 11 is 6.26. The largest absolute Gasteiger partial charge is 0.399 e. The Balaban J connectivity index is 1.84. The molecule has 1 aliphatic heterocycles. The lowest BCUT2D eigenvalue weighted by Gasteiger charge is -2.38. The van der Waals surface area contributed by atoms with E-state index < -0.39 is 0 Å². The third kappa shape index (κ3) is 3.33. The summed E-state index contributed by atoms with van der Waals surface area (Å²) in [6.45, 7) is 2.93. The number of anilines is 1. The summed E-state index contributed by atoms with van der Waals surface area (Å²) < 4.78 is 5.89. The first kappa shape index (κ1) is 15.8. The topological polar surface area (TPSA) is 55.6 Å². The molecule has 0 radical (unpaired) electrons. The van der Waals surface area contributed by atoms with E-state index in [-0.39, 0.29) is 18.1 Å². The molecule has 2 atom stereocenters. The molecule has 2 unspecified atom stereocenters. The minimum atomic E-state index is -0.218. The molecule has 2 aromatic carbocycles. The maximum Gasteiger partial charge on any atom is 0.254 e. The Morgan fingerprint density at radius 2 is 2.04 bits per heavy atom. The van der Waals surface area contributed by atoms with Gasteiger partial charge in [0.05, 0.1) is 19.2 Å². The molecule has 1 fully saturated rings. The van der Waals surface area contributed by atoms with Crippen LogP contribution in [-0.2, 0) is 4.74 Å². The number of nitrogens with two attached hydrogens (primary N) is 1. The summed E-state index contributed by atoms with van der Waals surface area (Å²) in [7, 11) is 0. The zero-order chi connectivity index (χ0) is 16.4. The lowest BCUT2D eigenvalue weighted by molar-refractivity contribution is -0.0486. The number of nitrogens with zero attached hydrogens (tertiary/aromatic N) is 1. The fourth-order valence-electron chi connectivity index (χ4n) is 2.80. The summed E-state index contributed by atoms with van der Waals surface area (Å²) in [5.74, 6) is -0.0369. The molecule has 0 spiro atoms. The molecule has 0 aliphatic carbocycles. The molecule has 5 heteroatoms. The standard InChI is InChI=1S/C18H19ClN2O2/c1-12-11-23-17(15-7-2-3-8-16(15)19)10-21(12)18(22)13-5-4-6-14(20)9-13/h2-9,12,17H,10-11,20H2,1H3. The number of rotatable bonds is 2. The number of hydrogen-bond donors (Lipinski definition) is 1. The van der Waals surface area contributed by atoms with Gasteiger partial charge in [-0.25, -0.2) is 0 Å². The highest BCUT2D eigenvalue weighted by Crippen LogP contribution is 2.30. The lowest BCUT2D eigenvalue weighted by Crippen LogP contribution is -2.48. The summed E-state index contributed by atoms with van der Waals surface area (Å²) in [4.78, 5) is 14.6. The van der Waals surface area contributed by atoms with Crippen LogP contribution in [-0.4, -0.2) is 30.0 Å². The normalized spacial score (nSPS) is 21.2. The quantitative estimate of drug-likeness (QED) is 0.857. The number of benzene rings is 2. The van der Waals surface area contributed by atoms with Crippen LogP contribution in [0, 0.1) is 0 Å². The summed E-state index contributed by atoms with van der Waals surface area (Å²) in [5.41, 5.74) is 7.87. The predicted molar refractivity (Wildman–Crippen MR) is 91.5 cm³/mol. The van der Waals surface area contributed by atoms with E-state index in [0.29, 0.717) is 29.4 Å². The van der Waals surface area contributed by atoms with Crippen molar-refractivity contribution >= 4 is 23.2 Å². The Morgan fingerprint density at radius 1 is 1.26 bits per heavy atom. The predicted octanol–water partition coefficient (Wildman–Crippen LogP) is 3.52. The van der Waals surface area contributed by atoms with Crippen LogP contribution in [0.1, 0.15) is 28.9 Å². The van der Waals surface area contributed by atoms with E-state index in [2.05, 4.69) is 0 Å². The van der Waals surface area contributed by atoms with Crippen LogP contribution < -0.4 is 5.73 Å². The van der Waals surface area contributed by atoms with Crippen molar-refractivity contribution in [3.8, 4) is 0 Å². The second-order valence-electron chi connectivity index (χ2n) is 5.78. The third-order valence-corrected chi connectivity index (χ3v) is 4.42. The highest BCUT2D eigenvalue weighted by molar-refractivity contribution is 6.31. The fraction of sp³-hybridized carbons (Fsp3) is 0.278. The van der Waals surface area contributed by atoms with Crippen LogP contribution in [0.5, 0.6) is 0 Å². The van der Waals surface area contributed by atoms with Gasteiger partial charge in [0.1, 0.15) is 6.10 Å². The molecular formula is C18H19ClN2O2. The molecule has 1 amide bonds. The van der Waals surface area contributed by atoms with Crippen molar-refractivity contribution in [3.63, 3.8) is 0 Å². The molecule has 3 rings (SSSR count). The lowest BCUT2D eigenvalue weighted by atomic mass is 10.0. The van der Waals surface area contributed by atoms with Crippen molar-refractivity contribution in [1.82, 2.24) is 4.90 Å². The molecule has 0 bridgehead atoms. The molecule has 1 aliphatic rings. The maximum absolute atomic E-state index is 12.8. The van der Waals surface area contributed by atoms with Crippen LogP contribution in [0.4, 0.5) is 5.69 Å². The van der Waals surface area contributed by atoms with Gasteiger partial charge in [0.2, 0.25) is 0 Å². The van der Waals surface area contributed by atoms with Crippen LogP contribution >= 0.6 is 11.6 Å². The molecule has 2 N–H and O–H groups in total. The zero-order valence-electron chi connectivity index (χ0n) is 12.9. The van der Waals surface area contributed by atoms with Crippen molar-refractivity contribution in [3.05, 3.63) is 64.7 Å². The number of carbonyl (C=O) groups is 1. The van der Waals surface area contributed by atoms with Crippen molar-refractivity contribution in [2.45, 2.75) is 19.1 Å². The molecule has 23 heavy (non-hydrogen) atoms. The van der Waals surface area contributed by atoms with Gasteiger partial charge in [0.25, 0.3) is 5.91 Å². The summed E-state index contributed by atoms with van der Waals surface area (Å²) in [5, 5.41) is 0.656. The van der Waals surface area contributed by atoms with Gasteiger partial charge in [-0.05, 0) is 31.2 Å². The Kier molecular flexibility index (Phi) is 4.55. The van der Waals surface area contributed by atoms with Gasteiger partial charge in [0, 0.05) is 21.8 Å². The number of morpholine rings is 1. The fourth-order valence-corrected chi connectivity index (χ4v) is 3.06. The van der Waals surface area contributed by atoms with Crippen LogP contribution in [0.2, 0.25) is 5.02 Å². The van der Waals surface area contributed by atoms with Crippen LogP contribution in [0.3, 0.4) is 0 Å². The Morgan fingerprint density at radius 3 is 2.78 bits per heavy atom. The Bertz CT molecular complexity index is 720. The van der Waals surface area contributed by atoms with E-state index in [1.807, 2.05) is 36.1 Å². The second-order valence-corrected chi connectivity index (χ2v) is 6.18. The second kappa shape index (κ2) is 6.60. The van der Waals surface area contributed by atoms with Gasteiger partial charge < -0.3 is 15.4 Å². The Hall–Kier alpha value is -2.04. The number of hydrogen-bond acceptors (Lipinski definition) is 3. The van der Waals surface area contributed by atoms with Gasteiger partial charge in [-0.2, -0.15) is 0 Å². The van der Waals surface area contributed by atoms with Crippen molar-refractivity contribution < 1.29 is 9.53 Å². The van der Waals surface area contributed by atoms with Crippen molar-refractivity contribution in [2.75, 3.05) is 18.9 Å². The SMILES string of the molecule is CC1COC(c2ccccc2Cl)CN1C(=O)c1cccc(N)c1. The van der Waals surface area contributed by atoms with Crippen molar-refractivity contribution in [1.29, 1.82) is 0 Å². The summed E-state index contributed by atoms with van der Waals surface area (Å²) in [6, 6.07) is 14.6. The first-order valence-corrected chi connectivity index (χ1v) is 7.96. The monoisotopic (exact) mass is 330 g/mol. The number of carbonyl (C=O) groups excluding carboxylic acids is 1. The van der Waals surface area contributed by atoms with E-state index in [1.54, 1.807) is 24.3 Å². The van der Waals surface area contributed by atoms with Gasteiger partial charge in [-0.15, -0.1) is 0 Å². The average molecular weight is 331 g/mol. The molecular weight excluding hydrogens is 312 g/mol. The number of nitrogen functional groups attached to an aromatic ring is 1. The molecule has 1 heterocycles. The average Bonchev–Trinajstić information content (AvgIpc) is 2.55.